The van der Waals surface area contributed by atoms with Gasteiger partial charge in [0.05, 0.1) is 12.1 Å². The second-order valence-corrected chi connectivity index (χ2v) is 6.24. The van der Waals surface area contributed by atoms with Crippen molar-refractivity contribution in [2.75, 3.05) is 5.32 Å². The van der Waals surface area contributed by atoms with Crippen LogP contribution in [0, 0.1) is 5.82 Å². The van der Waals surface area contributed by atoms with E-state index in [0.717, 1.165) is 22.6 Å². The van der Waals surface area contributed by atoms with Crippen LogP contribution in [-0.4, -0.2) is 20.4 Å². The number of nitrogens with one attached hydrogen (secondary N) is 1. The van der Waals surface area contributed by atoms with Crippen molar-refractivity contribution in [1.82, 2.24) is 14.5 Å². The Hall–Kier alpha value is -3.80. The summed E-state index contributed by atoms with van der Waals surface area (Å²) in [4.78, 5) is 21.0. The molecule has 0 aliphatic carbocycles. The number of amides is 1. The molecule has 2 heterocycles. The lowest BCUT2D eigenvalue weighted by atomic mass is 10.1. The molecular weight excluding hydrogens is 355 g/mol. The van der Waals surface area contributed by atoms with E-state index in [2.05, 4.69) is 15.3 Å². The Labute approximate surface area is 161 Å². The monoisotopic (exact) mass is 372 g/mol. The molecule has 0 unspecified atom stereocenters. The second-order valence-electron chi connectivity index (χ2n) is 6.24. The van der Waals surface area contributed by atoms with Crippen LogP contribution >= 0.6 is 0 Å². The van der Waals surface area contributed by atoms with E-state index in [1.54, 1.807) is 30.6 Å². The highest BCUT2D eigenvalue weighted by Crippen LogP contribution is 2.22. The van der Waals surface area contributed by atoms with E-state index in [1.165, 1.54) is 12.1 Å². The van der Waals surface area contributed by atoms with Crippen LogP contribution in [0.1, 0.15) is 5.56 Å². The molecule has 4 rings (SSSR count). The molecule has 0 saturated heterocycles. The lowest BCUT2D eigenvalue weighted by molar-refractivity contribution is -0.115. The number of rotatable bonds is 5. The second kappa shape index (κ2) is 7.84. The number of pyridine rings is 1. The van der Waals surface area contributed by atoms with Gasteiger partial charge in [0.15, 0.2) is 0 Å². The van der Waals surface area contributed by atoms with Crippen molar-refractivity contribution >= 4 is 11.7 Å². The van der Waals surface area contributed by atoms with E-state index < -0.39 is 0 Å². The van der Waals surface area contributed by atoms with Gasteiger partial charge in [0, 0.05) is 30.2 Å². The van der Waals surface area contributed by atoms with Gasteiger partial charge in [-0.25, -0.2) is 14.4 Å². The molecule has 0 fully saturated rings. The van der Waals surface area contributed by atoms with E-state index in [0.29, 0.717) is 5.82 Å². The third-order valence-corrected chi connectivity index (χ3v) is 4.24. The van der Waals surface area contributed by atoms with Crippen LogP contribution in [0.15, 0.2) is 85.3 Å². The van der Waals surface area contributed by atoms with Gasteiger partial charge in [0.25, 0.3) is 0 Å². The van der Waals surface area contributed by atoms with Crippen LogP contribution in [0.4, 0.5) is 10.2 Å². The van der Waals surface area contributed by atoms with Crippen LogP contribution in [0.2, 0.25) is 0 Å². The van der Waals surface area contributed by atoms with Crippen LogP contribution in [-0.2, 0) is 11.2 Å². The first kappa shape index (κ1) is 17.6. The third-order valence-electron chi connectivity index (χ3n) is 4.24. The number of carbonyl (C=O) groups excluding carboxylic acids is 1. The average molecular weight is 372 g/mol. The molecule has 0 bridgehead atoms. The fourth-order valence-corrected chi connectivity index (χ4v) is 2.92. The normalized spacial score (nSPS) is 10.6. The van der Waals surface area contributed by atoms with Crippen molar-refractivity contribution < 1.29 is 9.18 Å². The van der Waals surface area contributed by atoms with Crippen LogP contribution in [0.25, 0.3) is 17.1 Å². The highest BCUT2D eigenvalue weighted by Gasteiger charge is 2.10. The summed E-state index contributed by atoms with van der Waals surface area (Å²) in [5.74, 6) is 0.700. The summed E-state index contributed by atoms with van der Waals surface area (Å²) < 4.78 is 14.9. The maximum atomic E-state index is 13.0. The number of carbonyl (C=O) groups is 1. The lowest BCUT2D eigenvalue weighted by Crippen LogP contribution is -2.15. The zero-order chi connectivity index (χ0) is 19.3. The van der Waals surface area contributed by atoms with Crippen molar-refractivity contribution in [2.24, 2.45) is 0 Å². The summed E-state index contributed by atoms with van der Waals surface area (Å²) in [5.41, 5.74) is 2.56. The number of benzene rings is 2. The van der Waals surface area contributed by atoms with Gasteiger partial charge in [-0.05, 0) is 23.8 Å². The molecule has 0 atom stereocenters. The van der Waals surface area contributed by atoms with Crippen molar-refractivity contribution in [3.63, 3.8) is 0 Å². The van der Waals surface area contributed by atoms with Crippen molar-refractivity contribution in [2.45, 2.75) is 6.42 Å². The zero-order valence-electron chi connectivity index (χ0n) is 14.9. The Morgan fingerprint density at radius 3 is 2.54 bits per heavy atom. The Bertz CT molecular complexity index is 1090. The number of halogens is 1. The molecule has 0 aliphatic heterocycles. The van der Waals surface area contributed by atoms with Gasteiger partial charge in [0.2, 0.25) is 5.91 Å². The lowest BCUT2D eigenvalue weighted by Gasteiger charge is -2.10. The summed E-state index contributed by atoms with van der Waals surface area (Å²) in [6, 6.07) is 19.4. The van der Waals surface area contributed by atoms with Crippen molar-refractivity contribution in [3.05, 3.63) is 96.7 Å². The van der Waals surface area contributed by atoms with E-state index >= 15 is 0 Å². The predicted molar refractivity (Wildman–Crippen MR) is 106 cm³/mol. The number of imidazole rings is 1. The minimum absolute atomic E-state index is 0.145. The molecule has 1 N–H and O–H groups in total. The largest absolute Gasteiger partial charge is 0.310 e. The Morgan fingerprint density at radius 1 is 0.964 bits per heavy atom. The summed E-state index contributed by atoms with van der Waals surface area (Å²) >= 11 is 0. The molecule has 1 amide bonds. The van der Waals surface area contributed by atoms with Crippen LogP contribution < -0.4 is 5.32 Å². The first-order chi connectivity index (χ1) is 13.7. The zero-order valence-corrected chi connectivity index (χ0v) is 14.9. The first-order valence-corrected chi connectivity index (χ1v) is 8.78. The fourth-order valence-electron chi connectivity index (χ4n) is 2.92. The topological polar surface area (TPSA) is 59.8 Å². The molecule has 0 spiro atoms. The Balaban J connectivity index is 1.53. The average Bonchev–Trinajstić information content (AvgIpc) is 3.20. The molecule has 28 heavy (non-hydrogen) atoms. The van der Waals surface area contributed by atoms with E-state index in [9.17, 15) is 9.18 Å². The predicted octanol–water partition coefficient (Wildman–Crippen LogP) is 4.25. The molecule has 2 aromatic carbocycles. The molecule has 6 heteroatoms. The van der Waals surface area contributed by atoms with E-state index in [1.807, 2.05) is 47.2 Å². The molecule has 0 radical (unpaired) electrons. The Kier molecular flexibility index (Phi) is 4.93. The molecule has 4 aromatic rings. The van der Waals surface area contributed by atoms with Gasteiger partial charge in [-0.1, -0.05) is 42.5 Å². The van der Waals surface area contributed by atoms with Crippen molar-refractivity contribution in [3.8, 4) is 17.1 Å². The molecule has 0 aliphatic rings. The van der Waals surface area contributed by atoms with Gasteiger partial charge in [-0.3, -0.25) is 9.36 Å². The molecule has 2 aromatic heterocycles. The van der Waals surface area contributed by atoms with Crippen molar-refractivity contribution in [1.29, 1.82) is 0 Å². The van der Waals surface area contributed by atoms with E-state index in [-0.39, 0.29) is 18.1 Å². The quantitative estimate of drug-likeness (QED) is 0.570. The maximum Gasteiger partial charge on any atom is 0.229 e. The summed E-state index contributed by atoms with van der Waals surface area (Å²) in [6.07, 6.45) is 5.38. The number of nitrogens with zero attached hydrogens (tertiary/aromatic N) is 3. The van der Waals surface area contributed by atoms with Gasteiger partial charge < -0.3 is 5.32 Å². The van der Waals surface area contributed by atoms with Gasteiger partial charge in [-0.2, -0.15) is 0 Å². The van der Waals surface area contributed by atoms with Crippen LogP contribution in [0.3, 0.4) is 0 Å². The number of aromatic nitrogens is 3. The molecule has 0 saturated carbocycles. The third kappa shape index (κ3) is 3.96. The van der Waals surface area contributed by atoms with Crippen LogP contribution in [0.5, 0.6) is 0 Å². The minimum atomic E-state index is -0.326. The van der Waals surface area contributed by atoms with Gasteiger partial charge in [0.1, 0.15) is 17.5 Å². The number of hydrogen-bond donors (Lipinski definition) is 1. The van der Waals surface area contributed by atoms with E-state index in [4.69, 9.17) is 0 Å². The molecular formula is C22H17FN4O. The number of anilines is 1. The smallest absolute Gasteiger partial charge is 0.229 e. The molecule has 5 nitrogen and oxygen atoms in total. The SMILES string of the molecule is O=C(Cc1ccc(F)cc1)Nc1cc(-n2ccnc2-c2ccccc2)ccn1. The summed E-state index contributed by atoms with van der Waals surface area (Å²) in [7, 11) is 0. The number of hydrogen-bond acceptors (Lipinski definition) is 3. The first-order valence-electron chi connectivity index (χ1n) is 8.78. The summed E-state index contributed by atoms with van der Waals surface area (Å²) in [6.45, 7) is 0. The Morgan fingerprint density at radius 2 is 1.75 bits per heavy atom. The van der Waals surface area contributed by atoms with Gasteiger partial charge in [-0.15, -0.1) is 0 Å². The highest BCUT2D eigenvalue weighted by atomic mass is 19.1. The summed E-state index contributed by atoms with van der Waals surface area (Å²) in [5, 5.41) is 2.79. The highest BCUT2D eigenvalue weighted by molar-refractivity contribution is 5.91. The minimum Gasteiger partial charge on any atom is -0.310 e. The fraction of sp³-hybridized carbons (Fsp3) is 0.0455. The van der Waals surface area contributed by atoms with Gasteiger partial charge >= 0.3 is 0 Å². The standard InChI is InChI=1S/C22H17FN4O/c23-18-8-6-16(7-9-18)14-21(28)26-20-15-19(10-11-24-20)27-13-12-25-22(27)17-4-2-1-3-5-17/h1-13,15H,14H2,(H,24,26,28). The maximum absolute atomic E-state index is 13.0. The molecule has 138 valence electrons.